The van der Waals surface area contributed by atoms with Crippen molar-refractivity contribution >= 4 is 23.4 Å². The van der Waals surface area contributed by atoms with Gasteiger partial charge in [0.25, 0.3) is 0 Å². The zero-order valence-corrected chi connectivity index (χ0v) is 15.4. The molecule has 2 atom stereocenters. The minimum atomic E-state index is -0.132. The molecule has 1 N–H and O–H groups in total. The normalized spacial score (nSPS) is 17.9. The Labute approximate surface area is 153 Å². The molecule has 0 saturated carbocycles. The molecule has 25 heavy (non-hydrogen) atoms. The van der Waals surface area contributed by atoms with E-state index in [1.807, 2.05) is 25.1 Å². The summed E-state index contributed by atoms with van der Waals surface area (Å²) in [4.78, 5) is 14.9. The number of halogens is 1. The minimum absolute atomic E-state index is 0.0556. The third-order valence-corrected chi connectivity index (χ3v) is 5.34. The molecule has 134 valence electrons. The number of nitrogens with one attached hydrogen (secondary N) is 1. The molecule has 2 aromatic rings. The molecular weight excluding hydrogens is 338 g/mol. The van der Waals surface area contributed by atoms with Crippen LogP contribution in [0.25, 0.3) is 11.3 Å². The number of amides is 1. The van der Waals surface area contributed by atoms with Crippen molar-refractivity contribution in [2.75, 3.05) is 18.4 Å². The van der Waals surface area contributed by atoms with E-state index in [9.17, 15) is 4.79 Å². The maximum atomic E-state index is 12.6. The summed E-state index contributed by atoms with van der Waals surface area (Å²) >= 11 is 6.18. The zero-order chi connectivity index (χ0) is 17.8. The van der Waals surface area contributed by atoms with Crippen LogP contribution in [0.5, 0.6) is 0 Å². The second-order valence-electron chi connectivity index (χ2n) is 6.67. The van der Waals surface area contributed by atoms with Crippen LogP contribution < -0.4 is 5.32 Å². The molecule has 0 spiro atoms. The van der Waals surface area contributed by atoms with E-state index in [1.54, 1.807) is 12.1 Å². The molecule has 1 amide bonds. The van der Waals surface area contributed by atoms with Crippen LogP contribution in [-0.4, -0.2) is 35.1 Å². The van der Waals surface area contributed by atoms with Crippen molar-refractivity contribution in [3.8, 4) is 11.3 Å². The lowest BCUT2D eigenvalue weighted by molar-refractivity contribution is -0.121. The van der Waals surface area contributed by atoms with Gasteiger partial charge in [-0.1, -0.05) is 48.3 Å². The zero-order valence-electron chi connectivity index (χ0n) is 14.7. The number of carbonyl (C=O) groups excluding carboxylic acids is 1. The van der Waals surface area contributed by atoms with Crippen molar-refractivity contribution in [3.05, 3.63) is 35.4 Å². The van der Waals surface area contributed by atoms with E-state index in [2.05, 4.69) is 22.3 Å². The minimum Gasteiger partial charge on any atom is -0.338 e. The highest BCUT2D eigenvalue weighted by molar-refractivity contribution is 6.33. The number of anilines is 1. The van der Waals surface area contributed by atoms with Gasteiger partial charge in [-0.25, -0.2) is 0 Å². The summed E-state index contributed by atoms with van der Waals surface area (Å²) in [7, 11) is 0. The highest BCUT2D eigenvalue weighted by Crippen LogP contribution is 2.28. The molecule has 0 bridgehead atoms. The van der Waals surface area contributed by atoms with Gasteiger partial charge >= 0.3 is 0 Å². The fourth-order valence-corrected chi connectivity index (χ4v) is 3.46. The van der Waals surface area contributed by atoms with Gasteiger partial charge in [-0.15, -0.1) is 0 Å². The van der Waals surface area contributed by atoms with E-state index in [-0.39, 0.29) is 17.9 Å². The molecule has 1 aliphatic rings. The number of hydrogen-bond acceptors (Lipinski definition) is 4. The Hall–Kier alpha value is -1.85. The maximum Gasteiger partial charge on any atom is 0.231 e. The van der Waals surface area contributed by atoms with Crippen molar-refractivity contribution in [2.24, 2.45) is 5.92 Å². The van der Waals surface area contributed by atoms with E-state index in [0.29, 0.717) is 16.6 Å². The van der Waals surface area contributed by atoms with Gasteiger partial charge in [-0.3, -0.25) is 15.0 Å². The van der Waals surface area contributed by atoms with Gasteiger partial charge in [-0.2, -0.15) is 0 Å². The lowest BCUT2D eigenvalue weighted by Gasteiger charge is -2.35. The van der Waals surface area contributed by atoms with Crippen LogP contribution in [0.4, 0.5) is 5.88 Å². The van der Waals surface area contributed by atoms with Crippen LogP contribution in [0.15, 0.2) is 34.9 Å². The Balaban J connectivity index is 1.64. The first kappa shape index (κ1) is 18.0. The fourth-order valence-electron chi connectivity index (χ4n) is 3.23. The van der Waals surface area contributed by atoms with E-state index in [1.165, 1.54) is 19.3 Å². The second kappa shape index (κ2) is 8.02. The average molecular weight is 362 g/mol. The highest BCUT2D eigenvalue weighted by Gasteiger charge is 2.27. The Bertz CT molecular complexity index is 725. The van der Waals surface area contributed by atoms with Crippen LogP contribution in [0.3, 0.4) is 0 Å². The van der Waals surface area contributed by atoms with Crippen molar-refractivity contribution in [1.29, 1.82) is 0 Å². The average Bonchev–Trinajstić information content (AvgIpc) is 3.09. The quantitative estimate of drug-likeness (QED) is 0.855. The first-order valence-corrected chi connectivity index (χ1v) is 9.20. The van der Waals surface area contributed by atoms with Crippen LogP contribution in [0, 0.1) is 5.92 Å². The number of hydrogen-bond donors (Lipinski definition) is 1. The second-order valence-corrected chi connectivity index (χ2v) is 7.08. The summed E-state index contributed by atoms with van der Waals surface area (Å²) in [5.41, 5.74) is 1.39. The largest absolute Gasteiger partial charge is 0.338 e. The van der Waals surface area contributed by atoms with Crippen LogP contribution in [-0.2, 0) is 4.79 Å². The summed E-state index contributed by atoms with van der Waals surface area (Å²) in [5.74, 6) is 0.157. The lowest BCUT2D eigenvalue weighted by atomic mass is 9.98. The van der Waals surface area contributed by atoms with Crippen LogP contribution >= 0.6 is 11.6 Å². The molecule has 1 aromatic heterocycles. The predicted octanol–water partition coefficient (Wildman–Crippen LogP) is 4.44. The van der Waals surface area contributed by atoms with E-state index in [0.717, 1.165) is 18.7 Å². The topological polar surface area (TPSA) is 58.4 Å². The smallest absolute Gasteiger partial charge is 0.231 e. The van der Waals surface area contributed by atoms with Crippen molar-refractivity contribution < 1.29 is 9.32 Å². The third kappa shape index (κ3) is 4.22. The number of rotatable bonds is 5. The third-order valence-electron chi connectivity index (χ3n) is 5.01. The van der Waals surface area contributed by atoms with Gasteiger partial charge in [0, 0.05) is 17.7 Å². The molecule has 1 fully saturated rings. The SMILES string of the molecule is CC(C(=O)Nc1cc(-c2ccccc2Cl)no1)C(C)N1CCCCC1. The molecule has 1 saturated heterocycles. The standard InChI is InChI=1S/C19H24ClN3O2/c1-13(14(2)23-10-6-3-7-11-23)19(24)21-18-12-17(22-25-18)15-8-4-5-9-16(15)20/h4-5,8-9,12-14H,3,6-7,10-11H2,1-2H3,(H,21,24). The monoisotopic (exact) mass is 361 g/mol. The summed E-state index contributed by atoms with van der Waals surface area (Å²) in [6.45, 7) is 6.21. The molecule has 1 aliphatic heterocycles. The molecule has 0 radical (unpaired) electrons. The first-order chi connectivity index (χ1) is 12.1. The molecule has 0 aliphatic carbocycles. The fraction of sp³-hybridized carbons (Fsp3) is 0.474. The van der Waals surface area contributed by atoms with Crippen molar-refractivity contribution in [3.63, 3.8) is 0 Å². The summed E-state index contributed by atoms with van der Waals surface area (Å²) < 4.78 is 5.27. The summed E-state index contributed by atoms with van der Waals surface area (Å²) in [6.07, 6.45) is 3.71. The highest BCUT2D eigenvalue weighted by atomic mass is 35.5. The van der Waals surface area contributed by atoms with Crippen LogP contribution in [0.1, 0.15) is 33.1 Å². The van der Waals surface area contributed by atoms with Crippen molar-refractivity contribution in [1.82, 2.24) is 10.1 Å². The number of carbonyl (C=O) groups is 1. The van der Waals surface area contributed by atoms with Crippen LogP contribution in [0.2, 0.25) is 5.02 Å². The number of benzene rings is 1. The van der Waals surface area contributed by atoms with Gasteiger partial charge in [0.05, 0.1) is 10.9 Å². The molecular formula is C19H24ClN3O2. The predicted molar refractivity (Wildman–Crippen MR) is 99.6 cm³/mol. The van der Waals surface area contributed by atoms with Gasteiger partial charge in [-0.05, 0) is 38.9 Å². The van der Waals surface area contributed by atoms with Gasteiger partial charge in [0.15, 0.2) is 0 Å². The lowest BCUT2D eigenvalue weighted by Crippen LogP contribution is -2.44. The molecule has 1 aromatic carbocycles. The molecule has 5 nitrogen and oxygen atoms in total. The van der Waals surface area contributed by atoms with Crippen molar-refractivity contribution in [2.45, 2.75) is 39.2 Å². The maximum absolute atomic E-state index is 12.6. The van der Waals surface area contributed by atoms with Gasteiger partial charge in [0.1, 0.15) is 5.69 Å². The molecule has 6 heteroatoms. The molecule has 3 rings (SSSR count). The van der Waals surface area contributed by atoms with Gasteiger partial charge in [0.2, 0.25) is 11.8 Å². The summed E-state index contributed by atoms with van der Waals surface area (Å²) in [6, 6.07) is 9.32. The molecule has 2 unspecified atom stereocenters. The Morgan fingerprint density at radius 1 is 1.24 bits per heavy atom. The first-order valence-electron chi connectivity index (χ1n) is 8.83. The number of aromatic nitrogens is 1. The van der Waals surface area contributed by atoms with E-state index < -0.39 is 0 Å². The number of nitrogens with zero attached hydrogens (tertiary/aromatic N) is 2. The Kier molecular flexibility index (Phi) is 5.76. The van der Waals surface area contributed by atoms with E-state index in [4.69, 9.17) is 16.1 Å². The van der Waals surface area contributed by atoms with Gasteiger partial charge < -0.3 is 4.52 Å². The molecule has 2 heterocycles. The summed E-state index contributed by atoms with van der Waals surface area (Å²) in [5, 5.41) is 7.44. The number of piperidine rings is 1. The van der Waals surface area contributed by atoms with E-state index >= 15 is 0 Å². The number of likely N-dealkylation sites (tertiary alicyclic amines) is 1. The Morgan fingerprint density at radius 3 is 2.68 bits per heavy atom. The Morgan fingerprint density at radius 2 is 1.96 bits per heavy atom.